The second-order valence-electron chi connectivity index (χ2n) is 6.05. The molecule has 2 aromatic carbocycles. The van der Waals surface area contributed by atoms with Crippen molar-refractivity contribution in [1.29, 1.82) is 0 Å². The highest BCUT2D eigenvalue weighted by Gasteiger charge is 2.18. The topological polar surface area (TPSA) is 61.4 Å². The SMILES string of the molecule is O=C(C=Cc1cccc(Cl)c1)Nc1ccccc1NC(=O)N1CCCC1. The van der Waals surface area contributed by atoms with Gasteiger partial charge in [-0.3, -0.25) is 4.79 Å². The molecule has 0 spiro atoms. The fourth-order valence-electron chi connectivity index (χ4n) is 2.77. The molecule has 6 heteroatoms. The maximum atomic E-state index is 12.3. The maximum absolute atomic E-state index is 12.3. The summed E-state index contributed by atoms with van der Waals surface area (Å²) in [7, 11) is 0. The summed E-state index contributed by atoms with van der Waals surface area (Å²) >= 11 is 5.93. The summed E-state index contributed by atoms with van der Waals surface area (Å²) < 4.78 is 0. The van der Waals surface area contributed by atoms with E-state index in [4.69, 9.17) is 11.6 Å². The van der Waals surface area contributed by atoms with Gasteiger partial charge >= 0.3 is 6.03 Å². The Morgan fingerprint density at radius 2 is 1.65 bits per heavy atom. The first-order valence-electron chi connectivity index (χ1n) is 8.51. The molecule has 1 heterocycles. The molecule has 134 valence electrons. The van der Waals surface area contributed by atoms with Gasteiger partial charge < -0.3 is 15.5 Å². The normalized spacial score (nSPS) is 13.8. The number of para-hydroxylation sites is 2. The summed E-state index contributed by atoms with van der Waals surface area (Å²) in [6, 6.07) is 14.2. The van der Waals surface area contributed by atoms with Crippen molar-refractivity contribution in [1.82, 2.24) is 4.90 Å². The van der Waals surface area contributed by atoms with Gasteiger partial charge in [0.25, 0.3) is 0 Å². The average molecular weight is 370 g/mol. The van der Waals surface area contributed by atoms with Crippen molar-refractivity contribution in [3.63, 3.8) is 0 Å². The first-order chi connectivity index (χ1) is 12.6. The van der Waals surface area contributed by atoms with Crippen molar-refractivity contribution in [2.75, 3.05) is 23.7 Å². The number of benzene rings is 2. The van der Waals surface area contributed by atoms with E-state index in [0.717, 1.165) is 31.5 Å². The van der Waals surface area contributed by atoms with Crippen LogP contribution in [0.3, 0.4) is 0 Å². The fourth-order valence-corrected chi connectivity index (χ4v) is 2.97. The van der Waals surface area contributed by atoms with Gasteiger partial charge in [-0.2, -0.15) is 0 Å². The van der Waals surface area contributed by atoms with E-state index in [1.54, 1.807) is 35.2 Å². The summed E-state index contributed by atoms with van der Waals surface area (Å²) in [6.45, 7) is 1.53. The molecule has 1 aliphatic rings. The van der Waals surface area contributed by atoms with Gasteiger partial charge in [-0.25, -0.2) is 4.79 Å². The summed E-state index contributed by atoms with van der Waals surface area (Å²) in [5, 5.41) is 6.28. The van der Waals surface area contributed by atoms with E-state index < -0.39 is 0 Å². The molecule has 0 atom stereocenters. The van der Waals surface area contributed by atoms with Gasteiger partial charge in [-0.05, 0) is 48.7 Å². The monoisotopic (exact) mass is 369 g/mol. The van der Waals surface area contributed by atoms with Gasteiger partial charge in [-0.1, -0.05) is 35.9 Å². The molecule has 3 amide bonds. The van der Waals surface area contributed by atoms with Crippen LogP contribution in [0.5, 0.6) is 0 Å². The lowest BCUT2D eigenvalue weighted by molar-refractivity contribution is -0.111. The summed E-state index contributed by atoms with van der Waals surface area (Å²) in [6.07, 6.45) is 5.18. The molecular weight excluding hydrogens is 350 g/mol. The number of nitrogens with zero attached hydrogens (tertiary/aromatic N) is 1. The number of anilines is 2. The number of hydrogen-bond acceptors (Lipinski definition) is 2. The minimum absolute atomic E-state index is 0.140. The first-order valence-corrected chi connectivity index (χ1v) is 8.89. The molecule has 0 radical (unpaired) electrons. The fraction of sp³-hybridized carbons (Fsp3) is 0.200. The lowest BCUT2D eigenvalue weighted by atomic mass is 10.2. The number of amides is 3. The van der Waals surface area contributed by atoms with E-state index in [-0.39, 0.29) is 11.9 Å². The summed E-state index contributed by atoms with van der Waals surface area (Å²) in [4.78, 5) is 26.3. The predicted octanol–water partition coefficient (Wildman–Crippen LogP) is 4.62. The maximum Gasteiger partial charge on any atom is 0.321 e. The van der Waals surface area contributed by atoms with Crippen molar-refractivity contribution < 1.29 is 9.59 Å². The van der Waals surface area contributed by atoms with E-state index in [1.165, 1.54) is 6.08 Å². The quantitative estimate of drug-likeness (QED) is 0.772. The molecule has 2 aromatic rings. The van der Waals surface area contributed by atoms with Crippen LogP contribution in [-0.2, 0) is 4.79 Å². The van der Waals surface area contributed by atoms with E-state index in [9.17, 15) is 9.59 Å². The predicted molar refractivity (Wildman–Crippen MR) is 105 cm³/mol. The van der Waals surface area contributed by atoms with E-state index in [0.29, 0.717) is 16.4 Å². The van der Waals surface area contributed by atoms with Crippen LogP contribution < -0.4 is 10.6 Å². The molecule has 1 aliphatic heterocycles. The second kappa shape index (κ2) is 8.54. The Labute approximate surface area is 157 Å². The Balaban J connectivity index is 1.65. The van der Waals surface area contributed by atoms with Gasteiger partial charge in [0.2, 0.25) is 5.91 Å². The number of urea groups is 1. The Hall–Kier alpha value is -2.79. The molecule has 0 bridgehead atoms. The smallest absolute Gasteiger partial charge is 0.321 e. The number of likely N-dealkylation sites (tertiary alicyclic amines) is 1. The van der Waals surface area contributed by atoms with Crippen LogP contribution in [0.2, 0.25) is 5.02 Å². The molecule has 1 fully saturated rings. The van der Waals surface area contributed by atoms with Crippen molar-refractivity contribution >= 4 is 41.0 Å². The summed E-state index contributed by atoms with van der Waals surface area (Å²) in [5.41, 5.74) is 1.97. The number of nitrogens with one attached hydrogen (secondary N) is 2. The van der Waals surface area contributed by atoms with E-state index >= 15 is 0 Å². The van der Waals surface area contributed by atoms with Crippen LogP contribution in [0.15, 0.2) is 54.6 Å². The highest BCUT2D eigenvalue weighted by molar-refractivity contribution is 6.30. The zero-order valence-corrected chi connectivity index (χ0v) is 15.0. The lowest BCUT2D eigenvalue weighted by Crippen LogP contribution is -2.32. The van der Waals surface area contributed by atoms with Crippen LogP contribution in [0, 0.1) is 0 Å². The number of rotatable bonds is 4. The van der Waals surface area contributed by atoms with Crippen LogP contribution in [0.1, 0.15) is 18.4 Å². The van der Waals surface area contributed by atoms with Crippen LogP contribution in [0.25, 0.3) is 6.08 Å². The van der Waals surface area contributed by atoms with Crippen molar-refractivity contribution in [3.8, 4) is 0 Å². The molecule has 3 rings (SSSR count). The molecule has 2 N–H and O–H groups in total. The average Bonchev–Trinajstić information content (AvgIpc) is 3.17. The molecule has 26 heavy (non-hydrogen) atoms. The third-order valence-electron chi connectivity index (χ3n) is 4.10. The van der Waals surface area contributed by atoms with Gasteiger partial charge in [0.05, 0.1) is 11.4 Å². The lowest BCUT2D eigenvalue weighted by Gasteiger charge is -2.18. The molecule has 0 saturated carbocycles. The highest BCUT2D eigenvalue weighted by Crippen LogP contribution is 2.22. The van der Waals surface area contributed by atoms with E-state index in [2.05, 4.69) is 10.6 Å². The third kappa shape index (κ3) is 4.86. The molecule has 0 unspecified atom stereocenters. The van der Waals surface area contributed by atoms with Gasteiger partial charge in [0.1, 0.15) is 0 Å². The standard InChI is InChI=1S/C20H20ClN3O2/c21-16-7-5-6-15(14-16)10-11-19(25)22-17-8-1-2-9-18(17)23-20(26)24-12-3-4-13-24/h1-2,5-11,14H,3-4,12-13H2,(H,22,25)(H,23,26). The van der Waals surface area contributed by atoms with Crippen LogP contribution in [0.4, 0.5) is 16.2 Å². The molecule has 0 aliphatic carbocycles. The third-order valence-corrected chi connectivity index (χ3v) is 4.33. The largest absolute Gasteiger partial charge is 0.325 e. The molecule has 0 aromatic heterocycles. The number of carbonyl (C=O) groups is 2. The van der Waals surface area contributed by atoms with Crippen molar-refractivity contribution in [2.45, 2.75) is 12.8 Å². The number of carbonyl (C=O) groups excluding carboxylic acids is 2. The zero-order chi connectivity index (χ0) is 18.4. The minimum Gasteiger partial charge on any atom is -0.325 e. The van der Waals surface area contributed by atoms with E-state index in [1.807, 2.05) is 24.3 Å². The number of hydrogen-bond donors (Lipinski definition) is 2. The Morgan fingerprint density at radius 1 is 0.962 bits per heavy atom. The highest BCUT2D eigenvalue weighted by atomic mass is 35.5. The minimum atomic E-state index is -0.284. The van der Waals surface area contributed by atoms with Crippen molar-refractivity contribution in [2.24, 2.45) is 0 Å². The molecular formula is C20H20ClN3O2. The Bertz CT molecular complexity index is 829. The zero-order valence-electron chi connectivity index (χ0n) is 14.2. The number of halogens is 1. The van der Waals surface area contributed by atoms with Gasteiger partial charge in [-0.15, -0.1) is 0 Å². The van der Waals surface area contributed by atoms with Crippen LogP contribution >= 0.6 is 11.6 Å². The Morgan fingerprint density at radius 3 is 2.35 bits per heavy atom. The summed E-state index contributed by atoms with van der Waals surface area (Å²) in [5.74, 6) is -0.284. The van der Waals surface area contributed by atoms with Gasteiger partial charge in [0.15, 0.2) is 0 Å². The van der Waals surface area contributed by atoms with Gasteiger partial charge in [0, 0.05) is 24.2 Å². The van der Waals surface area contributed by atoms with Crippen molar-refractivity contribution in [3.05, 3.63) is 65.2 Å². The second-order valence-corrected chi connectivity index (χ2v) is 6.48. The molecule has 1 saturated heterocycles. The molecule has 5 nitrogen and oxygen atoms in total. The first kappa shape index (κ1) is 18.0. The van der Waals surface area contributed by atoms with Crippen LogP contribution in [-0.4, -0.2) is 29.9 Å². The Kier molecular flexibility index (Phi) is 5.92.